The minimum Gasteiger partial charge on any atom is -0.507 e. The number of likely N-dealkylation sites (tertiary alicyclic amines) is 1. The van der Waals surface area contributed by atoms with E-state index in [4.69, 9.17) is 39.5 Å². The zero-order chi connectivity index (χ0) is 23.7. The van der Waals surface area contributed by atoms with Crippen molar-refractivity contribution in [3.63, 3.8) is 0 Å². The van der Waals surface area contributed by atoms with Gasteiger partial charge in [0.2, 0.25) is 0 Å². The molecule has 4 rings (SSSR count). The standard InChI is InChI=1S/C24H17Cl3N2O4/c1-33-19-11-14(6-8-17(19)26)22(30)20-21(13-5-7-16(25)18(27)10-13)29(24(32)23(20)31)12-15-4-2-3-9-28-15/h2-11,21,30H,12H2,1H3/b22-20-. The highest BCUT2D eigenvalue weighted by Gasteiger charge is 2.46. The van der Waals surface area contributed by atoms with Crippen LogP contribution in [0.15, 0.2) is 66.4 Å². The monoisotopic (exact) mass is 502 g/mol. The van der Waals surface area contributed by atoms with Crippen molar-refractivity contribution in [1.82, 2.24) is 9.88 Å². The maximum absolute atomic E-state index is 13.1. The SMILES string of the molecule is COc1cc(/C(O)=C2/C(=O)C(=O)N(Cc3ccccn3)C2c2ccc(Cl)c(Cl)c2)ccc1Cl. The molecule has 9 heteroatoms. The Bertz CT molecular complexity index is 1280. The number of aromatic nitrogens is 1. The van der Waals surface area contributed by atoms with Gasteiger partial charge < -0.3 is 14.7 Å². The maximum atomic E-state index is 13.1. The van der Waals surface area contributed by atoms with Gasteiger partial charge in [0.25, 0.3) is 11.7 Å². The second-order valence-electron chi connectivity index (χ2n) is 7.27. The van der Waals surface area contributed by atoms with Crippen molar-refractivity contribution in [3.8, 4) is 5.75 Å². The van der Waals surface area contributed by atoms with E-state index in [0.29, 0.717) is 27.1 Å². The minimum absolute atomic E-state index is 0.0526. The van der Waals surface area contributed by atoms with Gasteiger partial charge in [-0.15, -0.1) is 0 Å². The normalized spacial score (nSPS) is 17.5. The molecule has 1 aliphatic rings. The number of ether oxygens (including phenoxy) is 1. The van der Waals surface area contributed by atoms with Crippen molar-refractivity contribution < 1.29 is 19.4 Å². The van der Waals surface area contributed by atoms with Gasteiger partial charge in [-0.1, -0.05) is 46.9 Å². The average molecular weight is 504 g/mol. The summed E-state index contributed by atoms with van der Waals surface area (Å²) in [4.78, 5) is 31.8. The summed E-state index contributed by atoms with van der Waals surface area (Å²) in [6.07, 6.45) is 1.60. The molecule has 0 spiro atoms. The summed E-state index contributed by atoms with van der Waals surface area (Å²) in [5.41, 5.74) is 1.29. The van der Waals surface area contributed by atoms with E-state index >= 15 is 0 Å². The number of aliphatic hydroxyl groups is 1. The Balaban J connectivity index is 1.90. The predicted molar refractivity (Wildman–Crippen MR) is 127 cm³/mol. The number of benzene rings is 2. The maximum Gasteiger partial charge on any atom is 0.296 e. The average Bonchev–Trinajstić information content (AvgIpc) is 3.06. The van der Waals surface area contributed by atoms with Gasteiger partial charge in [0.15, 0.2) is 0 Å². The van der Waals surface area contributed by atoms with E-state index in [1.165, 1.54) is 30.2 Å². The van der Waals surface area contributed by atoms with E-state index < -0.39 is 17.7 Å². The molecule has 1 aromatic heterocycles. The fraction of sp³-hybridized carbons (Fsp3) is 0.125. The van der Waals surface area contributed by atoms with Gasteiger partial charge in [0.05, 0.1) is 46.0 Å². The molecule has 2 aromatic carbocycles. The van der Waals surface area contributed by atoms with Crippen LogP contribution in [-0.2, 0) is 16.1 Å². The summed E-state index contributed by atoms with van der Waals surface area (Å²) in [7, 11) is 1.44. The van der Waals surface area contributed by atoms with Crippen LogP contribution in [0.2, 0.25) is 15.1 Å². The molecule has 1 amide bonds. The van der Waals surface area contributed by atoms with Gasteiger partial charge in [-0.05, 0) is 48.0 Å². The second-order valence-corrected chi connectivity index (χ2v) is 8.49. The first-order valence-corrected chi connectivity index (χ1v) is 10.9. The molecule has 0 aliphatic carbocycles. The topological polar surface area (TPSA) is 79.7 Å². The molecule has 0 bridgehead atoms. The van der Waals surface area contributed by atoms with Crippen molar-refractivity contribution in [2.45, 2.75) is 12.6 Å². The number of amides is 1. The number of Topliss-reactive ketones (excluding diaryl/α,β-unsaturated/α-hetero) is 1. The first-order chi connectivity index (χ1) is 15.8. The van der Waals surface area contributed by atoms with Crippen LogP contribution in [0.3, 0.4) is 0 Å². The van der Waals surface area contributed by atoms with E-state index in [2.05, 4.69) is 4.98 Å². The molecular formula is C24H17Cl3N2O4. The summed E-state index contributed by atoms with van der Waals surface area (Å²) in [5, 5.41) is 12.1. The molecule has 1 fully saturated rings. The Labute approximate surface area is 205 Å². The van der Waals surface area contributed by atoms with Crippen molar-refractivity contribution in [2.24, 2.45) is 0 Å². The third-order valence-electron chi connectivity index (χ3n) is 5.28. The highest BCUT2D eigenvalue weighted by molar-refractivity contribution is 6.46. The fourth-order valence-corrected chi connectivity index (χ4v) is 4.20. The number of carbonyl (C=O) groups excluding carboxylic acids is 2. The lowest BCUT2D eigenvalue weighted by Gasteiger charge is -2.25. The number of hydrogen-bond donors (Lipinski definition) is 1. The summed E-state index contributed by atoms with van der Waals surface area (Å²) in [6.45, 7) is 0.0526. The number of hydrogen-bond acceptors (Lipinski definition) is 5. The van der Waals surface area contributed by atoms with Crippen LogP contribution in [0.4, 0.5) is 0 Å². The number of ketones is 1. The number of carbonyl (C=O) groups is 2. The quantitative estimate of drug-likeness (QED) is 0.276. The summed E-state index contributed by atoms with van der Waals surface area (Å²) >= 11 is 18.4. The molecule has 6 nitrogen and oxygen atoms in total. The predicted octanol–water partition coefficient (Wildman–Crippen LogP) is 5.67. The largest absolute Gasteiger partial charge is 0.507 e. The van der Waals surface area contributed by atoms with Crippen molar-refractivity contribution in [3.05, 3.63) is 98.3 Å². The lowest BCUT2D eigenvalue weighted by Crippen LogP contribution is -2.29. The van der Waals surface area contributed by atoms with Crippen molar-refractivity contribution >= 4 is 52.3 Å². The summed E-state index contributed by atoms with van der Waals surface area (Å²) in [6, 6.07) is 13.7. The zero-order valence-electron chi connectivity index (χ0n) is 17.3. The van der Waals surface area contributed by atoms with E-state index in [1.54, 1.807) is 42.6 Å². The summed E-state index contributed by atoms with van der Waals surface area (Å²) in [5.74, 6) is -1.63. The van der Waals surface area contributed by atoms with E-state index in [9.17, 15) is 14.7 Å². The summed E-state index contributed by atoms with van der Waals surface area (Å²) < 4.78 is 5.22. The fourth-order valence-electron chi connectivity index (χ4n) is 3.70. The molecule has 33 heavy (non-hydrogen) atoms. The number of nitrogens with zero attached hydrogens (tertiary/aromatic N) is 2. The van der Waals surface area contributed by atoms with Gasteiger partial charge in [-0.3, -0.25) is 14.6 Å². The number of methoxy groups -OCH3 is 1. The lowest BCUT2D eigenvalue weighted by atomic mass is 9.95. The second kappa shape index (κ2) is 9.43. The number of rotatable bonds is 5. The molecule has 3 aromatic rings. The van der Waals surface area contributed by atoms with Crippen LogP contribution in [0.25, 0.3) is 5.76 Å². The molecule has 1 N–H and O–H groups in total. The van der Waals surface area contributed by atoms with Gasteiger partial charge in [-0.25, -0.2) is 0 Å². The van der Waals surface area contributed by atoms with Crippen LogP contribution in [0.1, 0.15) is 22.9 Å². The van der Waals surface area contributed by atoms with Crippen LogP contribution in [0, 0.1) is 0 Å². The Morgan fingerprint density at radius 2 is 1.79 bits per heavy atom. The van der Waals surface area contributed by atoms with E-state index in [0.717, 1.165) is 0 Å². The Hall–Kier alpha value is -3.06. The molecule has 168 valence electrons. The molecule has 1 atom stereocenters. The van der Waals surface area contributed by atoms with Gasteiger partial charge in [0, 0.05) is 11.8 Å². The number of pyridine rings is 1. The lowest BCUT2D eigenvalue weighted by molar-refractivity contribution is -0.140. The number of halogens is 3. The third kappa shape index (κ3) is 4.42. The van der Waals surface area contributed by atoms with E-state index in [-0.39, 0.29) is 28.5 Å². The Morgan fingerprint density at radius 1 is 1.03 bits per heavy atom. The van der Waals surface area contributed by atoms with Gasteiger partial charge >= 0.3 is 0 Å². The molecule has 1 unspecified atom stereocenters. The molecule has 2 heterocycles. The van der Waals surface area contributed by atoms with E-state index in [1.807, 2.05) is 0 Å². The van der Waals surface area contributed by atoms with Crippen molar-refractivity contribution in [2.75, 3.05) is 7.11 Å². The van der Waals surface area contributed by atoms with Gasteiger partial charge in [-0.2, -0.15) is 0 Å². The first kappa shape index (κ1) is 23.1. The molecular weight excluding hydrogens is 487 g/mol. The van der Waals surface area contributed by atoms with Crippen LogP contribution >= 0.6 is 34.8 Å². The molecule has 0 radical (unpaired) electrons. The Morgan fingerprint density at radius 3 is 2.45 bits per heavy atom. The van der Waals surface area contributed by atoms with Gasteiger partial charge in [0.1, 0.15) is 11.5 Å². The van der Waals surface area contributed by atoms with Crippen molar-refractivity contribution in [1.29, 1.82) is 0 Å². The van der Waals surface area contributed by atoms with Crippen LogP contribution in [0.5, 0.6) is 5.75 Å². The molecule has 1 saturated heterocycles. The molecule has 1 aliphatic heterocycles. The number of aliphatic hydroxyl groups excluding tert-OH is 1. The highest BCUT2D eigenvalue weighted by Crippen LogP contribution is 2.42. The highest BCUT2D eigenvalue weighted by atomic mass is 35.5. The smallest absolute Gasteiger partial charge is 0.296 e. The Kier molecular flexibility index (Phi) is 6.61. The molecule has 0 saturated carbocycles. The van der Waals surface area contributed by atoms with Crippen LogP contribution in [-0.4, -0.2) is 33.8 Å². The third-order valence-corrected chi connectivity index (χ3v) is 6.33. The minimum atomic E-state index is -0.913. The van der Waals surface area contributed by atoms with Crippen LogP contribution < -0.4 is 4.74 Å². The first-order valence-electron chi connectivity index (χ1n) is 9.79. The zero-order valence-corrected chi connectivity index (χ0v) is 19.5.